The summed E-state index contributed by atoms with van der Waals surface area (Å²) in [6, 6.07) is 7.57. The average Bonchev–Trinajstić information content (AvgIpc) is 3.03. The number of aliphatic imine (C=N–C) groups is 1. The molecule has 1 heterocycles. The van der Waals surface area contributed by atoms with Crippen molar-refractivity contribution < 1.29 is 9.47 Å². The highest BCUT2D eigenvalue weighted by molar-refractivity contribution is 5.79. The molecular formula is C18H28N6O2. The number of nitrogens with one attached hydrogen (secondary N) is 1. The zero-order chi connectivity index (χ0) is 18.9. The average molecular weight is 360 g/mol. The number of guanidine groups is 1. The number of benzene rings is 1. The molecule has 0 fully saturated rings. The number of hydrogen-bond acceptors (Lipinski definition) is 5. The molecule has 142 valence electrons. The first-order valence-electron chi connectivity index (χ1n) is 8.66. The Hall–Kier alpha value is -2.77. The first-order chi connectivity index (χ1) is 12.5. The Morgan fingerprint density at radius 2 is 2.15 bits per heavy atom. The van der Waals surface area contributed by atoms with Crippen molar-refractivity contribution in [3.63, 3.8) is 0 Å². The summed E-state index contributed by atoms with van der Waals surface area (Å²) in [5.41, 5.74) is 0. The second-order valence-corrected chi connectivity index (χ2v) is 5.96. The number of nitrogens with zero attached hydrogens (tertiary/aromatic N) is 5. The monoisotopic (exact) mass is 360 g/mol. The Balaban J connectivity index is 1.97. The van der Waals surface area contributed by atoms with E-state index in [1.54, 1.807) is 18.1 Å². The van der Waals surface area contributed by atoms with Crippen molar-refractivity contribution in [2.24, 2.45) is 12.0 Å². The third-order valence-corrected chi connectivity index (χ3v) is 3.76. The number of rotatable bonds is 8. The van der Waals surface area contributed by atoms with Crippen LogP contribution in [0.2, 0.25) is 0 Å². The highest BCUT2D eigenvalue weighted by atomic mass is 16.5. The van der Waals surface area contributed by atoms with Gasteiger partial charge in [-0.05, 0) is 26.0 Å². The van der Waals surface area contributed by atoms with Gasteiger partial charge in [0.05, 0.1) is 20.2 Å². The van der Waals surface area contributed by atoms with E-state index in [1.807, 2.05) is 57.1 Å². The van der Waals surface area contributed by atoms with E-state index in [0.717, 1.165) is 29.8 Å². The summed E-state index contributed by atoms with van der Waals surface area (Å²) in [5, 5.41) is 7.39. The van der Waals surface area contributed by atoms with E-state index in [1.165, 1.54) is 0 Å². The number of aromatic nitrogens is 3. The quantitative estimate of drug-likeness (QED) is 0.570. The lowest BCUT2D eigenvalue weighted by Gasteiger charge is -2.22. The Bertz CT molecular complexity index is 715. The van der Waals surface area contributed by atoms with E-state index in [9.17, 15) is 0 Å². The molecule has 1 aromatic carbocycles. The Kier molecular flexibility index (Phi) is 7.25. The molecule has 8 heteroatoms. The van der Waals surface area contributed by atoms with Crippen molar-refractivity contribution >= 4 is 5.96 Å². The van der Waals surface area contributed by atoms with Gasteiger partial charge in [0.25, 0.3) is 0 Å². The topological polar surface area (TPSA) is 76.8 Å². The molecule has 2 aromatic rings. The second kappa shape index (κ2) is 9.65. The molecule has 2 rings (SSSR count). The molecule has 0 radical (unpaired) electrons. The summed E-state index contributed by atoms with van der Waals surface area (Å²) in [7, 11) is 5.50. The first kappa shape index (κ1) is 19.6. The summed E-state index contributed by atoms with van der Waals surface area (Å²) in [6.45, 7) is 5.97. The molecule has 0 bridgehead atoms. The molecular weight excluding hydrogens is 332 g/mol. The number of hydrogen-bond donors (Lipinski definition) is 1. The minimum absolute atomic E-state index is 0.0704. The predicted molar refractivity (Wildman–Crippen MR) is 102 cm³/mol. The van der Waals surface area contributed by atoms with Crippen LogP contribution in [0, 0.1) is 0 Å². The molecule has 8 nitrogen and oxygen atoms in total. The van der Waals surface area contributed by atoms with Crippen LogP contribution in [0.25, 0.3) is 0 Å². The summed E-state index contributed by atoms with van der Waals surface area (Å²) < 4.78 is 12.9. The minimum Gasteiger partial charge on any atom is -0.497 e. The summed E-state index contributed by atoms with van der Waals surface area (Å²) in [4.78, 5) is 11.0. The van der Waals surface area contributed by atoms with Crippen LogP contribution in [-0.4, -0.2) is 59.0 Å². The van der Waals surface area contributed by atoms with Gasteiger partial charge in [0.15, 0.2) is 5.96 Å². The normalized spacial score (nSPS) is 12.6. The fraction of sp³-hybridized carbons (Fsp3) is 0.500. The largest absolute Gasteiger partial charge is 0.497 e. The van der Waals surface area contributed by atoms with Crippen LogP contribution in [0.5, 0.6) is 11.5 Å². The van der Waals surface area contributed by atoms with Crippen LogP contribution in [0.4, 0.5) is 0 Å². The maximum atomic E-state index is 5.93. The van der Waals surface area contributed by atoms with Crippen LogP contribution in [-0.2, 0) is 13.6 Å². The second-order valence-electron chi connectivity index (χ2n) is 5.96. The van der Waals surface area contributed by atoms with E-state index >= 15 is 0 Å². The van der Waals surface area contributed by atoms with E-state index in [4.69, 9.17) is 9.47 Å². The van der Waals surface area contributed by atoms with Crippen LogP contribution in [0.1, 0.15) is 19.7 Å². The van der Waals surface area contributed by atoms with Crippen molar-refractivity contribution in [2.45, 2.75) is 26.5 Å². The third-order valence-electron chi connectivity index (χ3n) is 3.76. The zero-order valence-corrected chi connectivity index (χ0v) is 16.1. The van der Waals surface area contributed by atoms with Gasteiger partial charge in [0.1, 0.15) is 29.8 Å². The van der Waals surface area contributed by atoms with Gasteiger partial charge in [-0.25, -0.2) is 9.98 Å². The Labute approximate surface area is 154 Å². The van der Waals surface area contributed by atoms with Gasteiger partial charge < -0.3 is 19.7 Å². The van der Waals surface area contributed by atoms with Crippen molar-refractivity contribution in [2.75, 3.05) is 27.2 Å². The lowest BCUT2D eigenvalue weighted by Crippen LogP contribution is -2.39. The molecule has 0 aliphatic rings. The van der Waals surface area contributed by atoms with Crippen LogP contribution in [0.3, 0.4) is 0 Å². The Morgan fingerprint density at radius 3 is 2.81 bits per heavy atom. The van der Waals surface area contributed by atoms with Gasteiger partial charge in [-0.1, -0.05) is 6.07 Å². The van der Waals surface area contributed by atoms with Gasteiger partial charge in [-0.2, -0.15) is 5.10 Å². The van der Waals surface area contributed by atoms with E-state index in [2.05, 4.69) is 20.4 Å². The highest BCUT2D eigenvalue weighted by Gasteiger charge is 2.11. The number of ether oxygens (including phenoxy) is 2. The fourth-order valence-electron chi connectivity index (χ4n) is 2.38. The smallest absolute Gasteiger partial charge is 0.194 e. The molecule has 0 amide bonds. The lowest BCUT2D eigenvalue weighted by atomic mass is 10.3. The van der Waals surface area contributed by atoms with Crippen molar-refractivity contribution in [1.29, 1.82) is 0 Å². The van der Waals surface area contributed by atoms with Gasteiger partial charge in [-0.3, -0.25) is 4.68 Å². The minimum atomic E-state index is -0.0704. The van der Waals surface area contributed by atoms with Crippen LogP contribution < -0.4 is 14.8 Å². The van der Waals surface area contributed by atoms with Gasteiger partial charge in [-0.15, -0.1) is 0 Å². The zero-order valence-electron chi connectivity index (χ0n) is 16.1. The molecule has 1 unspecified atom stereocenters. The van der Waals surface area contributed by atoms with Gasteiger partial charge in [0.2, 0.25) is 0 Å². The summed E-state index contributed by atoms with van der Waals surface area (Å²) in [6.07, 6.45) is 1.48. The first-order valence-corrected chi connectivity index (χ1v) is 8.66. The van der Waals surface area contributed by atoms with E-state index in [0.29, 0.717) is 13.1 Å². The summed E-state index contributed by atoms with van der Waals surface area (Å²) in [5.74, 6) is 3.22. The van der Waals surface area contributed by atoms with Gasteiger partial charge in [0, 0.05) is 26.7 Å². The third kappa shape index (κ3) is 5.65. The molecule has 0 spiro atoms. The summed E-state index contributed by atoms with van der Waals surface area (Å²) >= 11 is 0. The number of aryl methyl sites for hydroxylation is 1. The number of methoxy groups -OCH3 is 1. The fourth-order valence-corrected chi connectivity index (χ4v) is 2.38. The maximum absolute atomic E-state index is 5.93. The molecule has 26 heavy (non-hydrogen) atoms. The van der Waals surface area contributed by atoms with Crippen molar-refractivity contribution in [3.8, 4) is 11.5 Å². The van der Waals surface area contributed by atoms with Gasteiger partial charge >= 0.3 is 0 Å². The SMILES string of the molecule is CCNC(=NCC(C)Oc1cccc(OC)c1)N(C)Cc1ncnn1C. The van der Waals surface area contributed by atoms with Crippen molar-refractivity contribution in [1.82, 2.24) is 25.0 Å². The molecule has 0 saturated carbocycles. The molecule has 1 atom stereocenters. The van der Waals surface area contributed by atoms with E-state index in [-0.39, 0.29) is 6.10 Å². The standard InChI is InChI=1S/C18H28N6O2/c1-6-19-18(23(3)12-17-21-13-22-24(17)4)20-11-14(2)26-16-9-7-8-15(10-16)25-5/h7-10,13-14H,6,11-12H2,1-5H3,(H,19,20). The molecule has 0 aliphatic heterocycles. The molecule has 0 aliphatic carbocycles. The van der Waals surface area contributed by atoms with Crippen LogP contribution in [0.15, 0.2) is 35.6 Å². The molecule has 1 N–H and O–H groups in total. The predicted octanol–water partition coefficient (Wildman–Crippen LogP) is 1.69. The Morgan fingerprint density at radius 1 is 1.38 bits per heavy atom. The lowest BCUT2D eigenvalue weighted by molar-refractivity contribution is 0.228. The molecule has 1 aromatic heterocycles. The molecule has 0 saturated heterocycles. The van der Waals surface area contributed by atoms with E-state index < -0.39 is 0 Å². The maximum Gasteiger partial charge on any atom is 0.194 e. The van der Waals surface area contributed by atoms with Crippen molar-refractivity contribution in [3.05, 3.63) is 36.4 Å². The highest BCUT2D eigenvalue weighted by Crippen LogP contribution is 2.19. The van der Waals surface area contributed by atoms with Crippen LogP contribution >= 0.6 is 0 Å².